The topological polar surface area (TPSA) is 3.24 Å². The van der Waals surface area contributed by atoms with Gasteiger partial charge in [0.25, 0.3) is 0 Å². The molecule has 1 aliphatic carbocycles. The summed E-state index contributed by atoms with van der Waals surface area (Å²) in [4.78, 5) is 2.40. The maximum atomic E-state index is 2.40. The Kier molecular flexibility index (Phi) is 6.97. The minimum atomic E-state index is -0.453. The van der Waals surface area contributed by atoms with Crippen molar-refractivity contribution in [2.24, 2.45) is 0 Å². The van der Waals surface area contributed by atoms with Crippen LogP contribution in [0.25, 0.3) is 42.4 Å². The third kappa shape index (κ3) is 4.54. The summed E-state index contributed by atoms with van der Waals surface area (Å²) in [6, 6.07) is 73.3. The zero-order chi connectivity index (χ0) is 33.8. The number of fused-ring (bicyclic) bond motifs is 6. The van der Waals surface area contributed by atoms with E-state index in [0.717, 1.165) is 17.1 Å². The average molecular weight is 668 g/mol. The molecule has 0 saturated heterocycles. The Morgan fingerprint density at radius 1 is 0.392 bits per heavy atom. The van der Waals surface area contributed by atoms with E-state index in [1.54, 1.807) is 0 Å². The van der Waals surface area contributed by atoms with E-state index in [9.17, 15) is 0 Å². The number of nitrogens with zero attached hydrogens (tertiary/aromatic N) is 1. The second kappa shape index (κ2) is 12.0. The van der Waals surface area contributed by atoms with Gasteiger partial charge in [0.15, 0.2) is 0 Å². The van der Waals surface area contributed by atoms with Gasteiger partial charge in [0, 0.05) is 37.1 Å². The molecule has 0 saturated carbocycles. The van der Waals surface area contributed by atoms with Crippen molar-refractivity contribution >= 4 is 48.6 Å². The maximum Gasteiger partial charge on any atom is 0.0720 e. The fourth-order valence-electron chi connectivity index (χ4n) is 8.48. The van der Waals surface area contributed by atoms with E-state index in [1.165, 1.54) is 64.7 Å². The van der Waals surface area contributed by atoms with Crippen molar-refractivity contribution in [3.63, 3.8) is 0 Å². The van der Waals surface area contributed by atoms with Crippen molar-refractivity contribution in [3.8, 4) is 22.3 Å². The molecule has 9 aromatic rings. The minimum Gasteiger partial charge on any atom is -0.310 e. The number of rotatable bonds is 6. The van der Waals surface area contributed by atoms with Crippen LogP contribution >= 0.6 is 11.3 Å². The van der Waals surface area contributed by atoms with Gasteiger partial charge in [-0.3, -0.25) is 0 Å². The summed E-state index contributed by atoms with van der Waals surface area (Å²) >= 11 is 1.89. The van der Waals surface area contributed by atoms with Crippen LogP contribution in [-0.4, -0.2) is 0 Å². The van der Waals surface area contributed by atoms with Crippen LogP contribution in [0, 0.1) is 0 Å². The van der Waals surface area contributed by atoms with Gasteiger partial charge in [-0.15, -0.1) is 11.3 Å². The highest BCUT2D eigenvalue weighted by Gasteiger charge is 2.46. The molecule has 0 radical (unpaired) electrons. The Labute approximate surface area is 302 Å². The van der Waals surface area contributed by atoms with Crippen LogP contribution in [0.3, 0.4) is 0 Å². The predicted molar refractivity (Wildman–Crippen MR) is 217 cm³/mol. The number of thiophene rings is 1. The highest BCUT2D eigenvalue weighted by molar-refractivity contribution is 7.25. The zero-order valence-electron chi connectivity index (χ0n) is 27.9. The van der Waals surface area contributed by atoms with Gasteiger partial charge in [-0.2, -0.15) is 0 Å². The van der Waals surface area contributed by atoms with Gasteiger partial charge >= 0.3 is 0 Å². The Morgan fingerprint density at radius 2 is 0.961 bits per heavy atom. The Morgan fingerprint density at radius 3 is 1.67 bits per heavy atom. The lowest BCUT2D eigenvalue weighted by Gasteiger charge is -2.34. The molecular weight excluding hydrogens is 635 g/mol. The fourth-order valence-corrected chi connectivity index (χ4v) is 9.65. The Bertz CT molecular complexity index is 2650. The molecule has 1 nitrogen and oxygen atoms in total. The summed E-state index contributed by atoms with van der Waals surface area (Å²) in [5.74, 6) is 0. The summed E-state index contributed by atoms with van der Waals surface area (Å²) < 4.78 is 2.57. The highest BCUT2D eigenvalue weighted by Crippen LogP contribution is 2.58. The lowest BCUT2D eigenvalue weighted by Crippen LogP contribution is -2.28. The second-order valence-electron chi connectivity index (χ2n) is 13.2. The number of hydrogen-bond donors (Lipinski definition) is 0. The molecule has 0 spiro atoms. The molecule has 0 unspecified atom stereocenters. The SMILES string of the molecule is c1ccc(-c2ccccc2N(c2ccccc2)c2ccc3c(c2)sc2cccc(C4(c5ccccc5)c5ccccc5-c5ccccc54)c23)cc1. The normalized spacial score (nSPS) is 12.9. The van der Waals surface area contributed by atoms with Gasteiger partial charge in [0.2, 0.25) is 0 Å². The van der Waals surface area contributed by atoms with E-state index in [4.69, 9.17) is 0 Å². The first-order chi connectivity index (χ1) is 25.3. The molecule has 0 aliphatic heterocycles. The van der Waals surface area contributed by atoms with Gasteiger partial charge in [0.1, 0.15) is 0 Å². The van der Waals surface area contributed by atoms with E-state index >= 15 is 0 Å². The van der Waals surface area contributed by atoms with Crippen LogP contribution in [0.2, 0.25) is 0 Å². The van der Waals surface area contributed by atoms with Crippen molar-refractivity contribution in [2.45, 2.75) is 5.41 Å². The molecule has 1 heterocycles. The molecule has 0 bridgehead atoms. The fraction of sp³-hybridized carbons (Fsp3) is 0.0204. The lowest BCUT2D eigenvalue weighted by atomic mass is 9.66. The van der Waals surface area contributed by atoms with Crippen LogP contribution in [-0.2, 0) is 5.41 Å². The molecule has 240 valence electrons. The van der Waals surface area contributed by atoms with Crippen LogP contribution in [0.5, 0.6) is 0 Å². The summed E-state index contributed by atoms with van der Waals surface area (Å²) in [6.07, 6.45) is 0. The lowest BCUT2D eigenvalue weighted by molar-refractivity contribution is 0.777. The molecule has 51 heavy (non-hydrogen) atoms. The Hall–Kier alpha value is -6.22. The van der Waals surface area contributed by atoms with Gasteiger partial charge in [-0.25, -0.2) is 0 Å². The smallest absolute Gasteiger partial charge is 0.0720 e. The van der Waals surface area contributed by atoms with E-state index in [2.05, 4.69) is 205 Å². The first-order valence-electron chi connectivity index (χ1n) is 17.5. The number of anilines is 3. The average Bonchev–Trinajstić information content (AvgIpc) is 3.73. The zero-order valence-corrected chi connectivity index (χ0v) is 28.7. The molecule has 10 rings (SSSR count). The van der Waals surface area contributed by atoms with Gasteiger partial charge in [0.05, 0.1) is 11.1 Å². The monoisotopic (exact) mass is 667 g/mol. The summed E-state index contributed by atoms with van der Waals surface area (Å²) in [5.41, 5.74) is 13.3. The molecular formula is C49H33NS. The van der Waals surface area contributed by atoms with Crippen LogP contribution < -0.4 is 4.90 Å². The van der Waals surface area contributed by atoms with Gasteiger partial charge in [-0.05, 0) is 75.3 Å². The first-order valence-corrected chi connectivity index (χ1v) is 18.3. The van der Waals surface area contributed by atoms with Gasteiger partial charge < -0.3 is 4.90 Å². The standard InChI is InChI=1S/C49H33NS/c1-4-17-34(18-5-1)38-23-12-15-29-45(38)50(36-21-8-3-9-22-36)37-31-32-41-47(33-37)51-46-30-16-28-44(48(41)46)49(35-19-6-2-7-20-35)42-26-13-10-24-39(42)40-25-11-14-27-43(40)49/h1-33H. The first kappa shape index (κ1) is 29.7. The predicted octanol–water partition coefficient (Wildman–Crippen LogP) is 13.6. The molecule has 0 amide bonds. The van der Waals surface area contributed by atoms with Crippen molar-refractivity contribution in [1.82, 2.24) is 0 Å². The van der Waals surface area contributed by atoms with E-state index in [-0.39, 0.29) is 0 Å². The van der Waals surface area contributed by atoms with Crippen LogP contribution in [0.4, 0.5) is 17.1 Å². The van der Waals surface area contributed by atoms with E-state index in [0.29, 0.717) is 0 Å². The molecule has 0 atom stereocenters. The largest absolute Gasteiger partial charge is 0.310 e. The minimum absolute atomic E-state index is 0.453. The highest BCUT2D eigenvalue weighted by atomic mass is 32.1. The Balaban J connectivity index is 1.23. The third-order valence-electron chi connectivity index (χ3n) is 10.5. The number of hydrogen-bond acceptors (Lipinski definition) is 2. The summed E-state index contributed by atoms with van der Waals surface area (Å²) in [5, 5.41) is 2.62. The molecule has 1 aromatic heterocycles. The molecule has 2 heteroatoms. The van der Waals surface area contributed by atoms with E-state index < -0.39 is 5.41 Å². The van der Waals surface area contributed by atoms with Crippen LogP contribution in [0.1, 0.15) is 22.3 Å². The second-order valence-corrected chi connectivity index (χ2v) is 14.3. The maximum absolute atomic E-state index is 2.40. The van der Waals surface area contributed by atoms with Crippen molar-refractivity contribution in [1.29, 1.82) is 0 Å². The van der Waals surface area contributed by atoms with Crippen LogP contribution in [0.15, 0.2) is 200 Å². The van der Waals surface area contributed by atoms with E-state index in [1.807, 2.05) is 11.3 Å². The summed E-state index contributed by atoms with van der Waals surface area (Å²) in [7, 11) is 0. The van der Waals surface area contributed by atoms with Crippen molar-refractivity contribution in [3.05, 3.63) is 222 Å². The third-order valence-corrected chi connectivity index (χ3v) is 11.7. The molecule has 0 N–H and O–H groups in total. The number of benzene rings is 8. The molecule has 0 fully saturated rings. The number of para-hydroxylation sites is 2. The molecule has 8 aromatic carbocycles. The van der Waals surface area contributed by atoms with Gasteiger partial charge in [-0.1, -0.05) is 164 Å². The molecule has 1 aliphatic rings. The van der Waals surface area contributed by atoms with Crippen molar-refractivity contribution in [2.75, 3.05) is 4.90 Å². The van der Waals surface area contributed by atoms with Crippen molar-refractivity contribution < 1.29 is 0 Å². The summed E-state index contributed by atoms with van der Waals surface area (Å²) in [6.45, 7) is 0. The quantitative estimate of drug-likeness (QED) is 0.171.